The quantitative estimate of drug-likeness (QED) is 0.0595. The third kappa shape index (κ3) is 21.4. The Bertz CT molecular complexity index is 811. The van der Waals surface area contributed by atoms with Gasteiger partial charge in [-0.3, -0.25) is 9.59 Å². The van der Waals surface area contributed by atoms with Crippen LogP contribution >= 0.6 is 0 Å². The molecule has 1 heterocycles. The number of carbonyl (C=O) groups excluding carboxylic acids is 2. The second kappa shape index (κ2) is 31.3. The van der Waals surface area contributed by atoms with Crippen LogP contribution in [-0.4, -0.2) is 59.9 Å². The molecule has 5 nitrogen and oxygen atoms in total. The van der Waals surface area contributed by atoms with E-state index < -0.39 is 0 Å². The Morgan fingerprint density at radius 1 is 0.569 bits per heavy atom. The van der Waals surface area contributed by atoms with Crippen molar-refractivity contribution in [1.29, 1.82) is 0 Å². The second-order valence-corrected chi connectivity index (χ2v) is 17.1. The summed E-state index contributed by atoms with van der Waals surface area (Å²) < 4.78 is 0. The number of likely N-dealkylation sites (tertiary alicyclic amines) is 1. The van der Waals surface area contributed by atoms with Crippen molar-refractivity contribution in [3.8, 4) is 0 Å². The van der Waals surface area contributed by atoms with Crippen molar-refractivity contribution < 1.29 is 9.59 Å². The summed E-state index contributed by atoms with van der Waals surface area (Å²) in [7, 11) is 2.23. The molecule has 300 valence electrons. The van der Waals surface area contributed by atoms with E-state index in [0.717, 1.165) is 70.9 Å². The van der Waals surface area contributed by atoms with Gasteiger partial charge in [0.25, 0.3) is 0 Å². The van der Waals surface area contributed by atoms with Gasteiger partial charge in [-0.15, -0.1) is 0 Å². The van der Waals surface area contributed by atoms with Gasteiger partial charge >= 0.3 is 0 Å². The maximum absolute atomic E-state index is 14.8. The Balaban J connectivity index is 2.22. The summed E-state index contributed by atoms with van der Waals surface area (Å²) in [5, 5.41) is 3.61. The lowest BCUT2D eigenvalue weighted by atomic mass is 9.86. The summed E-state index contributed by atoms with van der Waals surface area (Å²) in [6.45, 7) is 8.99. The fraction of sp³-hybridized carbons (Fsp3) is 0.957. The Labute approximate surface area is 319 Å². The van der Waals surface area contributed by atoms with E-state index >= 15 is 0 Å². The molecule has 2 fully saturated rings. The summed E-state index contributed by atoms with van der Waals surface area (Å²) >= 11 is 0. The molecule has 2 atom stereocenters. The standard InChI is InChI=1S/C46H89N3O2/c1-5-8-11-14-15-16-17-18-19-20-23-30-37-44(50)49(43(35-28-21-12-9-6-2)36-29-22-13-10-7-3)45(41-32-31-39-48(4)40-38-41)46(51)47-42-33-26-24-25-27-34-42/h41-43,45H,5-40H2,1-4H3,(H,47,51). The molecule has 0 radical (unpaired) electrons. The first-order chi connectivity index (χ1) is 25.0. The second-order valence-electron chi connectivity index (χ2n) is 17.1. The topological polar surface area (TPSA) is 52.7 Å². The van der Waals surface area contributed by atoms with Gasteiger partial charge < -0.3 is 15.1 Å². The van der Waals surface area contributed by atoms with Gasteiger partial charge in [0.15, 0.2) is 0 Å². The van der Waals surface area contributed by atoms with E-state index in [2.05, 4.69) is 42.9 Å². The first kappa shape index (κ1) is 46.1. The zero-order chi connectivity index (χ0) is 36.8. The van der Waals surface area contributed by atoms with Crippen molar-refractivity contribution in [3.05, 3.63) is 0 Å². The minimum absolute atomic E-state index is 0.182. The van der Waals surface area contributed by atoms with Gasteiger partial charge in [-0.2, -0.15) is 0 Å². The van der Waals surface area contributed by atoms with E-state index in [1.54, 1.807) is 0 Å². The molecule has 2 rings (SSSR count). The Kier molecular flexibility index (Phi) is 28.2. The van der Waals surface area contributed by atoms with Gasteiger partial charge in [0.05, 0.1) is 0 Å². The van der Waals surface area contributed by atoms with Crippen LogP contribution in [-0.2, 0) is 9.59 Å². The highest BCUT2D eigenvalue weighted by Crippen LogP contribution is 2.31. The number of nitrogens with zero attached hydrogens (tertiary/aromatic N) is 2. The Hall–Kier alpha value is -1.10. The molecule has 2 amide bonds. The number of nitrogens with one attached hydrogen (secondary N) is 1. The summed E-state index contributed by atoms with van der Waals surface area (Å²) in [6, 6.07) is 0.135. The predicted molar refractivity (Wildman–Crippen MR) is 221 cm³/mol. The molecule has 1 N–H and O–H groups in total. The predicted octanol–water partition coefficient (Wildman–Crippen LogP) is 12.9. The number of hydrogen-bond acceptors (Lipinski definition) is 3. The maximum atomic E-state index is 14.8. The van der Waals surface area contributed by atoms with Crippen LogP contribution in [0.3, 0.4) is 0 Å². The molecule has 51 heavy (non-hydrogen) atoms. The zero-order valence-electron chi connectivity index (χ0n) is 35.0. The molecular formula is C46H89N3O2. The molecule has 2 unspecified atom stereocenters. The molecule has 1 saturated heterocycles. The van der Waals surface area contributed by atoms with E-state index in [-0.39, 0.29) is 35.9 Å². The number of carbonyl (C=O) groups is 2. The monoisotopic (exact) mass is 716 g/mol. The molecule has 1 saturated carbocycles. The molecule has 0 bridgehead atoms. The van der Waals surface area contributed by atoms with E-state index in [4.69, 9.17) is 0 Å². The van der Waals surface area contributed by atoms with E-state index in [1.165, 1.54) is 154 Å². The van der Waals surface area contributed by atoms with Crippen molar-refractivity contribution >= 4 is 11.8 Å². The highest BCUT2D eigenvalue weighted by molar-refractivity contribution is 5.88. The fourth-order valence-electron chi connectivity index (χ4n) is 9.08. The third-order valence-corrected chi connectivity index (χ3v) is 12.4. The van der Waals surface area contributed by atoms with Crippen molar-refractivity contribution in [1.82, 2.24) is 15.1 Å². The summed E-state index contributed by atoms with van der Waals surface area (Å²) in [4.78, 5) is 34.2. The van der Waals surface area contributed by atoms with Crippen LogP contribution < -0.4 is 5.32 Å². The maximum Gasteiger partial charge on any atom is 0.243 e. The van der Waals surface area contributed by atoms with Gasteiger partial charge in [-0.05, 0) is 77.4 Å². The number of rotatable bonds is 30. The first-order valence-electron chi connectivity index (χ1n) is 23.3. The van der Waals surface area contributed by atoms with Crippen molar-refractivity contribution in [2.45, 2.75) is 257 Å². The van der Waals surface area contributed by atoms with Gasteiger partial charge in [-0.25, -0.2) is 0 Å². The average Bonchev–Trinajstić information content (AvgIpc) is 3.52. The molecule has 2 aliphatic rings. The van der Waals surface area contributed by atoms with Gasteiger partial charge in [-0.1, -0.05) is 181 Å². The lowest BCUT2D eigenvalue weighted by Gasteiger charge is -2.42. The molecule has 1 aliphatic heterocycles. The summed E-state index contributed by atoms with van der Waals surface area (Å²) in [5.74, 6) is 0.712. The van der Waals surface area contributed by atoms with Crippen molar-refractivity contribution in [2.24, 2.45) is 5.92 Å². The van der Waals surface area contributed by atoms with Crippen LogP contribution in [0.4, 0.5) is 0 Å². The molecule has 0 aromatic heterocycles. The van der Waals surface area contributed by atoms with Gasteiger partial charge in [0.2, 0.25) is 11.8 Å². The minimum Gasteiger partial charge on any atom is -0.352 e. The Morgan fingerprint density at radius 3 is 1.55 bits per heavy atom. The summed E-state index contributed by atoms with van der Waals surface area (Å²) in [5.41, 5.74) is 0. The lowest BCUT2D eigenvalue weighted by molar-refractivity contribution is -0.147. The lowest BCUT2D eigenvalue weighted by Crippen LogP contribution is -2.58. The van der Waals surface area contributed by atoms with Crippen molar-refractivity contribution in [3.63, 3.8) is 0 Å². The van der Waals surface area contributed by atoms with Gasteiger partial charge in [0, 0.05) is 18.5 Å². The van der Waals surface area contributed by atoms with Crippen LogP contribution in [0.1, 0.15) is 239 Å². The van der Waals surface area contributed by atoms with Gasteiger partial charge in [0.1, 0.15) is 6.04 Å². The SMILES string of the molecule is CCCCCCCCCCCCCCC(=O)N(C(CCCCCCC)CCCCCCC)C(C(=O)NC1CCCCCC1)C1CCCN(C)CC1. The highest BCUT2D eigenvalue weighted by Gasteiger charge is 2.40. The zero-order valence-corrected chi connectivity index (χ0v) is 35.0. The molecule has 0 aromatic carbocycles. The van der Waals surface area contributed by atoms with Crippen LogP contribution in [0.5, 0.6) is 0 Å². The first-order valence-corrected chi connectivity index (χ1v) is 23.3. The smallest absolute Gasteiger partial charge is 0.243 e. The number of amides is 2. The number of hydrogen-bond donors (Lipinski definition) is 1. The van der Waals surface area contributed by atoms with E-state index in [9.17, 15) is 9.59 Å². The average molecular weight is 716 g/mol. The van der Waals surface area contributed by atoms with Crippen LogP contribution in [0, 0.1) is 5.92 Å². The van der Waals surface area contributed by atoms with Crippen molar-refractivity contribution in [2.75, 3.05) is 20.1 Å². The van der Waals surface area contributed by atoms with Crippen LogP contribution in [0.25, 0.3) is 0 Å². The molecular weight excluding hydrogens is 627 g/mol. The Morgan fingerprint density at radius 2 is 1.04 bits per heavy atom. The summed E-state index contributed by atoms with van der Waals surface area (Å²) in [6.07, 6.45) is 41.3. The van der Waals surface area contributed by atoms with E-state index in [1.807, 2.05) is 0 Å². The number of unbranched alkanes of at least 4 members (excludes halogenated alkanes) is 19. The molecule has 1 aliphatic carbocycles. The normalized spacial score (nSPS) is 18.4. The molecule has 0 aromatic rings. The highest BCUT2D eigenvalue weighted by atomic mass is 16.2. The minimum atomic E-state index is -0.319. The van der Waals surface area contributed by atoms with Crippen LogP contribution in [0.2, 0.25) is 0 Å². The van der Waals surface area contributed by atoms with Crippen LogP contribution in [0.15, 0.2) is 0 Å². The largest absolute Gasteiger partial charge is 0.352 e. The fourth-order valence-corrected chi connectivity index (χ4v) is 9.08. The molecule has 0 spiro atoms. The third-order valence-electron chi connectivity index (χ3n) is 12.4. The molecule has 5 heteroatoms. The van der Waals surface area contributed by atoms with E-state index in [0.29, 0.717) is 6.42 Å².